The number of aromatic nitrogens is 1. The molecule has 1 saturated heterocycles. The Morgan fingerprint density at radius 2 is 1.89 bits per heavy atom. The lowest BCUT2D eigenvalue weighted by Gasteiger charge is -2.34. The van der Waals surface area contributed by atoms with E-state index >= 15 is 0 Å². The van der Waals surface area contributed by atoms with E-state index in [4.69, 9.17) is 4.74 Å². The second kappa shape index (κ2) is 12.1. The van der Waals surface area contributed by atoms with Crippen LogP contribution in [-0.4, -0.2) is 61.1 Å². The second-order valence-electron chi connectivity index (χ2n) is 9.89. The van der Waals surface area contributed by atoms with Crippen molar-refractivity contribution in [3.8, 4) is 0 Å². The topological polar surface area (TPSA) is 97.6 Å². The Balaban J connectivity index is 1.28. The SMILES string of the molecule is CCO[C@H]1CN(C2CCC(c3ccc[n+]([O-])c3)CC2)C[C@@H]1NC(=O)CNC(=O)c1cccc(C(F)(F)F)c1. The first-order valence-corrected chi connectivity index (χ1v) is 12.9. The minimum absolute atomic E-state index is 0.164. The van der Waals surface area contributed by atoms with Gasteiger partial charge in [-0.3, -0.25) is 14.5 Å². The number of carbonyl (C=O) groups is 2. The fourth-order valence-electron chi connectivity index (χ4n) is 5.47. The molecular formula is C27H33F3N4O4. The molecule has 0 bridgehead atoms. The molecule has 2 aromatic rings. The predicted molar refractivity (Wildman–Crippen MR) is 133 cm³/mol. The number of rotatable bonds is 8. The van der Waals surface area contributed by atoms with E-state index in [1.54, 1.807) is 12.3 Å². The number of amides is 2. The van der Waals surface area contributed by atoms with Crippen LogP contribution in [0.2, 0.25) is 0 Å². The Morgan fingerprint density at radius 3 is 2.58 bits per heavy atom. The second-order valence-corrected chi connectivity index (χ2v) is 9.89. The number of nitrogens with one attached hydrogen (secondary N) is 2. The van der Waals surface area contributed by atoms with Crippen molar-refractivity contribution in [3.63, 3.8) is 0 Å². The maximum absolute atomic E-state index is 12.9. The highest BCUT2D eigenvalue weighted by molar-refractivity contribution is 5.96. The van der Waals surface area contributed by atoms with Crippen LogP contribution in [0.1, 0.15) is 60.0 Å². The summed E-state index contributed by atoms with van der Waals surface area (Å²) in [6.45, 7) is 3.32. The van der Waals surface area contributed by atoms with Gasteiger partial charge in [-0.25, -0.2) is 0 Å². The average molecular weight is 535 g/mol. The van der Waals surface area contributed by atoms with Crippen molar-refractivity contribution in [1.82, 2.24) is 15.5 Å². The third-order valence-corrected chi connectivity index (χ3v) is 7.37. The number of hydrogen-bond acceptors (Lipinski definition) is 5. The maximum Gasteiger partial charge on any atom is 0.416 e. The van der Waals surface area contributed by atoms with E-state index in [0.29, 0.717) is 31.7 Å². The number of likely N-dealkylation sites (tertiary alicyclic amines) is 1. The van der Waals surface area contributed by atoms with Crippen LogP contribution in [0.4, 0.5) is 13.2 Å². The normalized spacial score (nSPS) is 24.2. The lowest BCUT2D eigenvalue weighted by Crippen LogP contribution is -2.48. The molecule has 8 nitrogen and oxygen atoms in total. The number of hydrogen-bond donors (Lipinski definition) is 2. The van der Waals surface area contributed by atoms with Crippen LogP contribution in [0.15, 0.2) is 48.8 Å². The van der Waals surface area contributed by atoms with Gasteiger partial charge in [-0.1, -0.05) is 6.07 Å². The van der Waals surface area contributed by atoms with E-state index in [1.807, 2.05) is 13.0 Å². The van der Waals surface area contributed by atoms with Crippen LogP contribution in [0, 0.1) is 5.21 Å². The molecule has 11 heteroatoms. The smallest absolute Gasteiger partial charge is 0.416 e. The van der Waals surface area contributed by atoms with Gasteiger partial charge in [-0.2, -0.15) is 17.9 Å². The van der Waals surface area contributed by atoms with Crippen LogP contribution in [0.3, 0.4) is 0 Å². The molecule has 2 amide bonds. The molecular weight excluding hydrogens is 501 g/mol. The standard InChI is InChI=1S/C27H33F3N4O4/c1-2-38-24-17-33(22-10-8-18(9-11-22)20-6-4-12-34(37)15-20)16-23(24)32-25(35)14-31-26(36)19-5-3-7-21(13-19)27(28,29)30/h3-7,12-13,15,18,22-24H,2,8-11,14,16-17H2,1H3,(H,31,36)(H,32,35)/t18?,22?,23-,24-/m0/s1. The first-order valence-electron chi connectivity index (χ1n) is 12.9. The van der Waals surface area contributed by atoms with E-state index in [1.165, 1.54) is 12.3 Å². The van der Waals surface area contributed by atoms with Crippen molar-refractivity contribution in [2.45, 2.75) is 62.9 Å². The van der Waals surface area contributed by atoms with Crippen molar-refractivity contribution in [1.29, 1.82) is 0 Å². The molecule has 2 heterocycles. The Morgan fingerprint density at radius 1 is 1.13 bits per heavy atom. The summed E-state index contributed by atoms with van der Waals surface area (Å²) >= 11 is 0. The summed E-state index contributed by atoms with van der Waals surface area (Å²) in [4.78, 5) is 27.3. The molecule has 206 valence electrons. The van der Waals surface area contributed by atoms with E-state index in [2.05, 4.69) is 15.5 Å². The van der Waals surface area contributed by atoms with Crippen molar-refractivity contribution in [3.05, 3.63) is 70.7 Å². The molecule has 1 saturated carbocycles. The summed E-state index contributed by atoms with van der Waals surface area (Å²) in [5.41, 5.74) is -0.0260. The zero-order chi connectivity index (χ0) is 27.3. The molecule has 0 radical (unpaired) electrons. The van der Waals surface area contributed by atoms with Gasteiger partial charge in [0.1, 0.15) is 0 Å². The molecule has 2 N–H and O–H groups in total. The molecule has 1 aromatic carbocycles. The van der Waals surface area contributed by atoms with Gasteiger partial charge >= 0.3 is 6.18 Å². The van der Waals surface area contributed by atoms with Crippen molar-refractivity contribution in [2.24, 2.45) is 0 Å². The molecule has 2 fully saturated rings. The highest BCUT2D eigenvalue weighted by Gasteiger charge is 2.39. The van der Waals surface area contributed by atoms with Crippen molar-refractivity contribution in [2.75, 3.05) is 26.2 Å². The summed E-state index contributed by atoms with van der Waals surface area (Å²) in [7, 11) is 0. The van der Waals surface area contributed by atoms with Crippen LogP contribution in [0.5, 0.6) is 0 Å². The first-order chi connectivity index (χ1) is 18.1. The summed E-state index contributed by atoms with van der Waals surface area (Å²) in [6.07, 6.45) is 2.27. The van der Waals surface area contributed by atoms with Gasteiger partial charge in [0.2, 0.25) is 5.91 Å². The largest absolute Gasteiger partial charge is 0.619 e. The van der Waals surface area contributed by atoms with E-state index in [0.717, 1.165) is 54.2 Å². The van der Waals surface area contributed by atoms with Gasteiger partial charge in [0.05, 0.1) is 24.3 Å². The van der Waals surface area contributed by atoms with E-state index in [-0.39, 0.29) is 24.3 Å². The molecule has 2 atom stereocenters. The number of pyridine rings is 1. The summed E-state index contributed by atoms with van der Waals surface area (Å²) in [5.74, 6) is -0.826. The highest BCUT2D eigenvalue weighted by atomic mass is 19.4. The molecule has 1 aliphatic heterocycles. The first kappa shape index (κ1) is 27.8. The minimum Gasteiger partial charge on any atom is -0.619 e. The minimum atomic E-state index is -4.56. The Hall–Kier alpha value is -3.18. The fraction of sp³-hybridized carbons (Fsp3) is 0.519. The molecule has 0 unspecified atom stereocenters. The fourth-order valence-corrected chi connectivity index (χ4v) is 5.47. The van der Waals surface area contributed by atoms with Crippen LogP contribution < -0.4 is 15.4 Å². The van der Waals surface area contributed by atoms with Gasteiger partial charge in [0.25, 0.3) is 5.91 Å². The van der Waals surface area contributed by atoms with Gasteiger partial charge < -0.3 is 20.6 Å². The number of alkyl halides is 3. The Bertz CT molecular complexity index is 1120. The van der Waals surface area contributed by atoms with Gasteiger partial charge in [0.15, 0.2) is 12.4 Å². The zero-order valence-corrected chi connectivity index (χ0v) is 21.2. The van der Waals surface area contributed by atoms with Crippen molar-refractivity contribution >= 4 is 11.8 Å². The third-order valence-electron chi connectivity index (χ3n) is 7.37. The number of benzene rings is 1. The third kappa shape index (κ3) is 7.02. The monoisotopic (exact) mass is 534 g/mol. The lowest BCUT2D eigenvalue weighted by atomic mass is 9.82. The predicted octanol–water partition coefficient (Wildman–Crippen LogP) is 3.00. The Kier molecular flexibility index (Phi) is 8.88. The molecule has 0 spiro atoms. The van der Waals surface area contributed by atoms with E-state index < -0.39 is 23.6 Å². The summed E-state index contributed by atoms with van der Waals surface area (Å²) < 4.78 is 45.5. The van der Waals surface area contributed by atoms with Crippen LogP contribution in [-0.2, 0) is 15.7 Å². The zero-order valence-electron chi connectivity index (χ0n) is 21.2. The molecule has 1 aliphatic carbocycles. The van der Waals surface area contributed by atoms with Gasteiger partial charge in [-0.05, 0) is 62.8 Å². The molecule has 4 rings (SSSR count). The van der Waals surface area contributed by atoms with Crippen LogP contribution in [0.25, 0.3) is 0 Å². The number of ether oxygens (including phenoxy) is 1. The highest BCUT2D eigenvalue weighted by Crippen LogP contribution is 2.35. The lowest BCUT2D eigenvalue weighted by molar-refractivity contribution is -0.606. The quantitative estimate of drug-likeness (QED) is 0.401. The number of halogens is 3. The number of nitrogens with zero attached hydrogens (tertiary/aromatic N) is 2. The maximum atomic E-state index is 12.9. The number of carbonyl (C=O) groups excluding carboxylic acids is 2. The summed E-state index contributed by atoms with van der Waals surface area (Å²) in [5, 5.41) is 17.0. The molecule has 2 aliphatic rings. The Labute approximate surface area is 219 Å². The van der Waals surface area contributed by atoms with Crippen LogP contribution >= 0.6 is 0 Å². The molecule has 38 heavy (non-hydrogen) atoms. The van der Waals surface area contributed by atoms with Gasteiger partial charge in [0, 0.05) is 42.9 Å². The van der Waals surface area contributed by atoms with Crippen molar-refractivity contribution < 1.29 is 32.2 Å². The van der Waals surface area contributed by atoms with E-state index in [9.17, 15) is 28.0 Å². The summed E-state index contributed by atoms with van der Waals surface area (Å²) in [6, 6.07) is 7.93. The molecule has 1 aromatic heterocycles. The van der Waals surface area contributed by atoms with Gasteiger partial charge in [-0.15, -0.1) is 0 Å². The average Bonchev–Trinajstić information content (AvgIpc) is 3.29.